The molecule has 1 saturated heterocycles. The highest BCUT2D eigenvalue weighted by Crippen LogP contribution is 2.40. The van der Waals surface area contributed by atoms with Crippen LogP contribution in [-0.4, -0.2) is 50.6 Å². The van der Waals surface area contributed by atoms with Gasteiger partial charge < -0.3 is 9.64 Å². The Balaban J connectivity index is 1.94. The first-order valence-electron chi connectivity index (χ1n) is 10.0. The van der Waals surface area contributed by atoms with Crippen molar-refractivity contribution >= 4 is 16.2 Å². The molecule has 1 aliphatic heterocycles. The second-order valence-electron chi connectivity index (χ2n) is 8.89. The minimum atomic E-state index is -3.94. The van der Waals surface area contributed by atoms with Crippen molar-refractivity contribution in [1.29, 1.82) is 0 Å². The van der Waals surface area contributed by atoms with Gasteiger partial charge >= 0.3 is 6.09 Å². The van der Waals surface area contributed by atoms with Crippen LogP contribution < -0.4 is 0 Å². The zero-order valence-corrected chi connectivity index (χ0v) is 19.0. The van der Waals surface area contributed by atoms with Crippen molar-refractivity contribution in [2.45, 2.75) is 63.9 Å². The predicted octanol–water partition coefficient (Wildman–Crippen LogP) is 4.62. The molecule has 2 atom stereocenters. The van der Waals surface area contributed by atoms with Crippen LogP contribution in [0.15, 0.2) is 29.2 Å². The summed E-state index contributed by atoms with van der Waals surface area (Å²) in [4.78, 5) is 13.6. The predicted molar refractivity (Wildman–Crippen MR) is 109 cm³/mol. The lowest BCUT2D eigenvalue weighted by atomic mass is 9.83. The summed E-state index contributed by atoms with van der Waals surface area (Å²) in [6.45, 7) is 7.96. The number of halogens is 2. The van der Waals surface area contributed by atoms with E-state index in [1.165, 1.54) is 24.0 Å². The van der Waals surface area contributed by atoms with Crippen LogP contribution in [0.4, 0.5) is 13.6 Å². The molecule has 6 nitrogen and oxygen atoms in total. The zero-order chi connectivity index (χ0) is 22.7. The van der Waals surface area contributed by atoms with Gasteiger partial charge in [-0.15, -0.1) is 0 Å². The smallest absolute Gasteiger partial charge is 0.410 e. The van der Waals surface area contributed by atoms with E-state index in [0.29, 0.717) is 0 Å². The molecule has 0 N–H and O–H groups in total. The highest BCUT2D eigenvalue weighted by molar-refractivity contribution is 7.86. The van der Waals surface area contributed by atoms with Crippen LogP contribution >= 0.6 is 0 Å². The summed E-state index contributed by atoms with van der Waals surface area (Å²) in [6, 6.07) is 6.21. The molecule has 0 radical (unpaired) electrons. The van der Waals surface area contributed by atoms with Gasteiger partial charge in [0.2, 0.25) is 0 Å². The van der Waals surface area contributed by atoms with E-state index in [1.807, 2.05) is 6.92 Å². The molecule has 0 bridgehead atoms. The first-order chi connectivity index (χ1) is 13.7. The molecule has 0 aromatic heterocycles. The molecular weight excluding hydrogens is 416 g/mol. The van der Waals surface area contributed by atoms with Crippen molar-refractivity contribution in [2.24, 2.45) is 11.8 Å². The number of hydrogen-bond acceptors (Lipinski definition) is 5. The third-order valence-corrected chi connectivity index (χ3v) is 6.36. The van der Waals surface area contributed by atoms with Crippen molar-refractivity contribution in [3.05, 3.63) is 29.8 Å². The number of ether oxygens (including phenoxy) is 1. The van der Waals surface area contributed by atoms with Crippen molar-refractivity contribution in [1.82, 2.24) is 4.90 Å². The van der Waals surface area contributed by atoms with Gasteiger partial charge in [-0.3, -0.25) is 4.18 Å². The van der Waals surface area contributed by atoms with E-state index in [-0.39, 0.29) is 37.4 Å². The Bertz CT molecular complexity index is 834. The van der Waals surface area contributed by atoms with Crippen LogP contribution in [0.3, 0.4) is 0 Å². The van der Waals surface area contributed by atoms with Crippen LogP contribution in [0.2, 0.25) is 0 Å². The summed E-state index contributed by atoms with van der Waals surface area (Å²) in [7, 11) is -3.94. The minimum absolute atomic E-state index is 0.0278. The lowest BCUT2D eigenvalue weighted by molar-refractivity contribution is -0.145. The second kappa shape index (κ2) is 9.18. The van der Waals surface area contributed by atoms with Crippen LogP contribution in [0.1, 0.15) is 46.1 Å². The van der Waals surface area contributed by atoms with E-state index >= 15 is 0 Å². The first-order valence-corrected chi connectivity index (χ1v) is 11.4. The van der Waals surface area contributed by atoms with Gasteiger partial charge in [0, 0.05) is 24.9 Å². The first kappa shape index (κ1) is 24.5. The average molecular weight is 448 g/mol. The van der Waals surface area contributed by atoms with Crippen LogP contribution in [0.25, 0.3) is 0 Å². The molecule has 1 aromatic rings. The molecule has 30 heavy (non-hydrogen) atoms. The molecule has 1 amide bonds. The van der Waals surface area contributed by atoms with Gasteiger partial charge in [0.1, 0.15) is 5.60 Å². The zero-order valence-electron chi connectivity index (χ0n) is 18.2. The third kappa shape index (κ3) is 6.38. The number of nitrogens with zero attached hydrogens (tertiary/aromatic N) is 1. The molecule has 9 heteroatoms. The monoisotopic (exact) mass is 447 g/mol. The quantitative estimate of drug-likeness (QED) is 0.470. The van der Waals surface area contributed by atoms with Gasteiger partial charge in [-0.1, -0.05) is 24.6 Å². The summed E-state index contributed by atoms with van der Waals surface area (Å²) in [5.41, 5.74) is 0.200. The Hall–Kier alpha value is -1.74. The number of piperidine rings is 1. The number of hydrogen-bond donors (Lipinski definition) is 0. The molecule has 1 aromatic carbocycles. The molecule has 170 valence electrons. The summed E-state index contributed by atoms with van der Waals surface area (Å²) < 4.78 is 64.1. The number of amides is 1. The van der Waals surface area contributed by atoms with Crippen molar-refractivity contribution in [2.75, 3.05) is 19.7 Å². The average Bonchev–Trinajstić information content (AvgIpc) is 2.61. The Kier molecular flexibility index (Phi) is 7.50. The van der Waals surface area contributed by atoms with E-state index in [0.717, 1.165) is 5.56 Å². The number of benzene rings is 1. The van der Waals surface area contributed by atoms with E-state index in [1.54, 1.807) is 32.9 Å². The topological polar surface area (TPSA) is 72.9 Å². The maximum Gasteiger partial charge on any atom is 0.410 e. The van der Waals surface area contributed by atoms with E-state index in [4.69, 9.17) is 8.92 Å². The third-order valence-electron chi connectivity index (χ3n) is 5.03. The molecule has 2 unspecified atom stereocenters. The van der Waals surface area contributed by atoms with Gasteiger partial charge in [0.05, 0.1) is 11.5 Å². The van der Waals surface area contributed by atoms with Gasteiger partial charge in [-0.2, -0.15) is 8.42 Å². The highest BCUT2D eigenvalue weighted by atomic mass is 32.2. The van der Waals surface area contributed by atoms with E-state index < -0.39 is 39.6 Å². The molecular formula is C21H31F2NO5S. The summed E-state index contributed by atoms with van der Waals surface area (Å²) in [6.07, 6.45) is -0.464. The van der Waals surface area contributed by atoms with Gasteiger partial charge in [0.25, 0.3) is 16.0 Å². The fourth-order valence-corrected chi connectivity index (χ4v) is 4.29. The van der Waals surface area contributed by atoms with Gasteiger partial charge in [-0.05, 0) is 52.7 Å². The van der Waals surface area contributed by atoms with Crippen molar-refractivity contribution in [3.8, 4) is 0 Å². The second-order valence-corrected chi connectivity index (χ2v) is 10.5. The van der Waals surface area contributed by atoms with E-state index in [2.05, 4.69) is 0 Å². The summed E-state index contributed by atoms with van der Waals surface area (Å²) >= 11 is 0. The fourth-order valence-electron chi connectivity index (χ4n) is 3.35. The Labute approximate surface area is 177 Å². The SMILES string of the molecule is Cc1ccc(S(=O)(=O)OCCCC2CN(C(=O)OC(C)(C)C)CC(C)C2(F)F)cc1. The number of carbonyl (C=O) groups excluding carboxylic acids is 1. The number of carbonyl (C=O) groups is 1. The molecule has 0 spiro atoms. The van der Waals surface area contributed by atoms with Gasteiger partial charge in [-0.25, -0.2) is 13.6 Å². The van der Waals surface area contributed by atoms with E-state index in [9.17, 15) is 22.0 Å². The molecule has 1 heterocycles. The van der Waals surface area contributed by atoms with Crippen LogP contribution in [0, 0.1) is 18.8 Å². The van der Waals surface area contributed by atoms with Crippen molar-refractivity contribution < 1.29 is 30.9 Å². The van der Waals surface area contributed by atoms with Crippen LogP contribution in [-0.2, 0) is 19.0 Å². The number of rotatable bonds is 6. The number of likely N-dealkylation sites (tertiary alicyclic amines) is 1. The molecule has 1 fully saturated rings. The highest BCUT2D eigenvalue weighted by Gasteiger charge is 2.50. The maximum atomic E-state index is 14.7. The molecule has 1 aliphatic rings. The fraction of sp³-hybridized carbons (Fsp3) is 0.667. The minimum Gasteiger partial charge on any atom is -0.444 e. The lowest BCUT2D eigenvalue weighted by Crippen LogP contribution is -2.55. The molecule has 2 rings (SSSR count). The number of aryl methyl sites for hydroxylation is 1. The van der Waals surface area contributed by atoms with Crippen molar-refractivity contribution in [3.63, 3.8) is 0 Å². The number of alkyl halides is 2. The maximum absolute atomic E-state index is 14.7. The van der Waals surface area contributed by atoms with Gasteiger partial charge in [0.15, 0.2) is 0 Å². The summed E-state index contributed by atoms with van der Waals surface area (Å²) in [5, 5.41) is 0. The summed E-state index contributed by atoms with van der Waals surface area (Å²) in [5.74, 6) is -5.09. The van der Waals surface area contributed by atoms with Crippen LogP contribution in [0.5, 0.6) is 0 Å². The largest absolute Gasteiger partial charge is 0.444 e. The molecule has 0 saturated carbocycles. The standard InChI is InChI=1S/C21H31F2NO5S/c1-15-8-10-18(11-9-15)30(26,27)28-12-6-7-17-14-24(13-16(2)21(17,22)23)19(25)29-20(3,4)5/h8-11,16-17H,6-7,12-14H2,1-5H3. The Morgan fingerprint density at radius 2 is 1.80 bits per heavy atom. The normalized spacial score (nSPS) is 22.0. The Morgan fingerprint density at radius 3 is 2.37 bits per heavy atom. The molecule has 0 aliphatic carbocycles. The Morgan fingerprint density at radius 1 is 1.20 bits per heavy atom. The lowest BCUT2D eigenvalue weighted by Gasteiger charge is -2.42.